The number of aromatic nitrogens is 2. The zero-order chi connectivity index (χ0) is 10.1. The maximum atomic E-state index is 6.00. The highest BCUT2D eigenvalue weighted by atomic mass is 35.5. The van der Waals surface area contributed by atoms with Crippen LogP contribution in [0, 0.1) is 0 Å². The van der Waals surface area contributed by atoms with Gasteiger partial charge in [0, 0.05) is 17.4 Å². The lowest BCUT2D eigenvalue weighted by Gasteiger charge is -2.04. The Morgan fingerprint density at radius 1 is 1.07 bits per heavy atom. The molecule has 0 saturated carbocycles. The van der Waals surface area contributed by atoms with Gasteiger partial charge in [-0.05, 0) is 12.1 Å². The van der Waals surface area contributed by atoms with Crippen LogP contribution in [0.2, 0.25) is 15.1 Å². The minimum atomic E-state index is 0.484. The van der Waals surface area contributed by atoms with Crippen molar-refractivity contribution in [1.82, 2.24) is 9.97 Å². The number of benzene rings is 1. The van der Waals surface area contributed by atoms with Crippen LogP contribution in [0.25, 0.3) is 11.4 Å². The van der Waals surface area contributed by atoms with Crippen LogP contribution in [0.4, 0.5) is 0 Å². The van der Waals surface area contributed by atoms with Gasteiger partial charge < -0.3 is 4.98 Å². The van der Waals surface area contributed by atoms with Crippen molar-refractivity contribution in [3.05, 3.63) is 39.6 Å². The highest BCUT2D eigenvalue weighted by molar-refractivity contribution is 6.41. The Hall–Kier alpha value is -0.700. The van der Waals surface area contributed by atoms with Crippen LogP contribution in [0.5, 0.6) is 0 Å². The first-order valence-corrected chi connectivity index (χ1v) is 4.96. The average Bonchev–Trinajstić information content (AvgIpc) is 2.54. The molecule has 0 amide bonds. The molecule has 0 radical (unpaired) electrons. The maximum Gasteiger partial charge on any atom is 0.140 e. The van der Waals surface area contributed by atoms with Gasteiger partial charge in [-0.25, -0.2) is 4.98 Å². The molecule has 0 fully saturated rings. The van der Waals surface area contributed by atoms with E-state index in [1.165, 1.54) is 0 Å². The van der Waals surface area contributed by atoms with E-state index < -0.39 is 0 Å². The number of halogens is 3. The number of aromatic amines is 1. The van der Waals surface area contributed by atoms with Gasteiger partial charge in [0.25, 0.3) is 0 Å². The maximum absolute atomic E-state index is 6.00. The van der Waals surface area contributed by atoms with E-state index in [2.05, 4.69) is 9.97 Å². The van der Waals surface area contributed by atoms with E-state index in [1.54, 1.807) is 24.5 Å². The summed E-state index contributed by atoms with van der Waals surface area (Å²) in [5.74, 6) is 0.636. The SMILES string of the molecule is Clc1cc(Cl)c(-c2ncc[nH]2)c(Cl)c1. The number of hydrogen-bond donors (Lipinski definition) is 1. The molecule has 1 aromatic carbocycles. The molecule has 0 atom stereocenters. The number of rotatable bonds is 1. The van der Waals surface area contributed by atoms with E-state index in [1.807, 2.05) is 0 Å². The smallest absolute Gasteiger partial charge is 0.140 e. The summed E-state index contributed by atoms with van der Waals surface area (Å²) in [6.07, 6.45) is 3.34. The summed E-state index contributed by atoms with van der Waals surface area (Å²) in [6.45, 7) is 0. The summed E-state index contributed by atoms with van der Waals surface area (Å²) in [5, 5.41) is 1.48. The van der Waals surface area contributed by atoms with Gasteiger partial charge in [-0.3, -0.25) is 0 Å². The summed E-state index contributed by atoms with van der Waals surface area (Å²) < 4.78 is 0. The van der Waals surface area contributed by atoms with Gasteiger partial charge in [-0.2, -0.15) is 0 Å². The zero-order valence-electron chi connectivity index (χ0n) is 6.89. The van der Waals surface area contributed by atoms with Gasteiger partial charge in [-0.15, -0.1) is 0 Å². The fraction of sp³-hybridized carbons (Fsp3) is 0. The predicted octanol–water partition coefficient (Wildman–Crippen LogP) is 4.04. The Kier molecular flexibility index (Phi) is 2.68. The number of imidazole rings is 1. The van der Waals surface area contributed by atoms with E-state index in [0.717, 1.165) is 0 Å². The van der Waals surface area contributed by atoms with Crippen molar-refractivity contribution < 1.29 is 0 Å². The van der Waals surface area contributed by atoms with Crippen molar-refractivity contribution in [2.45, 2.75) is 0 Å². The van der Waals surface area contributed by atoms with Crippen LogP contribution in [0.3, 0.4) is 0 Å². The van der Waals surface area contributed by atoms with Gasteiger partial charge >= 0.3 is 0 Å². The quantitative estimate of drug-likeness (QED) is 0.809. The molecule has 1 aromatic heterocycles. The van der Waals surface area contributed by atoms with Crippen LogP contribution in [-0.2, 0) is 0 Å². The van der Waals surface area contributed by atoms with Gasteiger partial charge in [0.15, 0.2) is 0 Å². The second-order valence-electron chi connectivity index (χ2n) is 2.68. The Balaban J connectivity index is 2.64. The highest BCUT2D eigenvalue weighted by Gasteiger charge is 2.11. The topological polar surface area (TPSA) is 28.7 Å². The molecule has 0 aliphatic heterocycles. The molecular formula is C9H5Cl3N2. The van der Waals surface area contributed by atoms with Crippen molar-refractivity contribution in [1.29, 1.82) is 0 Å². The molecule has 1 heterocycles. The van der Waals surface area contributed by atoms with Gasteiger partial charge in [0.2, 0.25) is 0 Å². The fourth-order valence-electron chi connectivity index (χ4n) is 1.17. The molecule has 1 N–H and O–H groups in total. The molecule has 0 aliphatic rings. The molecule has 0 bridgehead atoms. The van der Waals surface area contributed by atoms with E-state index in [-0.39, 0.29) is 0 Å². The lowest BCUT2D eigenvalue weighted by molar-refractivity contribution is 1.31. The molecule has 0 unspecified atom stereocenters. The summed E-state index contributed by atoms with van der Waals surface area (Å²) >= 11 is 17.8. The Morgan fingerprint density at radius 3 is 2.21 bits per heavy atom. The van der Waals surface area contributed by atoms with E-state index in [0.29, 0.717) is 26.5 Å². The molecule has 0 aliphatic carbocycles. The van der Waals surface area contributed by atoms with E-state index >= 15 is 0 Å². The molecule has 2 rings (SSSR count). The van der Waals surface area contributed by atoms with Gasteiger partial charge in [0.1, 0.15) is 5.82 Å². The second-order valence-corrected chi connectivity index (χ2v) is 3.93. The predicted molar refractivity (Wildman–Crippen MR) is 59.1 cm³/mol. The molecular weight excluding hydrogens is 242 g/mol. The number of nitrogens with one attached hydrogen (secondary N) is 1. The third-order valence-electron chi connectivity index (χ3n) is 1.74. The summed E-state index contributed by atoms with van der Waals surface area (Å²) in [7, 11) is 0. The van der Waals surface area contributed by atoms with Crippen LogP contribution in [0.15, 0.2) is 24.5 Å². The van der Waals surface area contributed by atoms with Crippen LogP contribution >= 0.6 is 34.8 Å². The standard InChI is InChI=1S/C9H5Cl3N2/c10-5-3-6(11)8(7(12)4-5)9-13-1-2-14-9/h1-4H,(H,13,14). The molecule has 72 valence electrons. The fourth-order valence-corrected chi connectivity index (χ4v) is 2.17. The third kappa shape index (κ3) is 1.73. The van der Waals surface area contributed by atoms with Crippen molar-refractivity contribution in [2.24, 2.45) is 0 Å². The first kappa shape index (κ1) is 9.84. The number of nitrogens with zero attached hydrogens (tertiary/aromatic N) is 1. The summed E-state index contributed by atoms with van der Waals surface area (Å²) in [6, 6.07) is 3.26. The van der Waals surface area contributed by atoms with Crippen LogP contribution in [0.1, 0.15) is 0 Å². The van der Waals surface area contributed by atoms with E-state index in [4.69, 9.17) is 34.8 Å². The number of hydrogen-bond acceptors (Lipinski definition) is 1. The minimum absolute atomic E-state index is 0.484. The zero-order valence-corrected chi connectivity index (χ0v) is 9.16. The van der Waals surface area contributed by atoms with Crippen LogP contribution in [-0.4, -0.2) is 9.97 Å². The van der Waals surface area contributed by atoms with Crippen molar-refractivity contribution >= 4 is 34.8 Å². The van der Waals surface area contributed by atoms with Crippen molar-refractivity contribution in [3.63, 3.8) is 0 Å². The van der Waals surface area contributed by atoms with Crippen molar-refractivity contribution in [2.75, 3.05) is 0 Å². The molecule has 2 aromatic rings. The van der Waals surface area contributed by atoms with Gasteiger partial charge in [0.05, 0.1) is 15.6 Å². The average molecular weight is 248 g/mol. The molecule has 5 heteroatoms. The lowest BCUT2D eigenvalue weighted by atomic mass is 10.2. The monoisotopic (exact) mass is 246 g/mol. The van der Waals surface area contributed by atoms with E-state index in [9.17, 15) is 0 Å². The Bertz CT molecular complexity index is 428. The van der Waals surface area contributed by atoms with Crippen LogP contribution < -0.4 is 0 Å². The Morgan fingerprint density at radius 2 is 1.71 bits per heavy atom. The summed E-state index contributed by atoms with van der Waals surface area (Å²) in [4.78, 5) is 7.00. The molecule has 2 nitrogen and oxygen atoms in total. The largest absolute Gasteiger partial charge is 0.345 e. The van der Waals surface area contributed by atoms with Gasteiger partial charge in [-0.1, -0.05) is 34.8 Å². The number of H-pyrrole nitrogens is 1. The lowest BCUT2D eigenvalue weighted by Crippen LogP contribution is -1.84. The minimum Gasteiger partial charge on any atom is -0.345 e. The molecule has 0 saturated heterocycles. The van der Waals surface area contributed by atoms with Crippen molar-refractivity contribution in [3.8, 4) is 11.4 Å². The highest BCUT2D eigenvalue weighted by Crippen LogP contribution is 2.35. The third-order valence-corrected chi connectivity index (χ3v) is 2.56. The second kappa shape index (κ2) is 3.81. The normalized spacial score (nSPS) is 10.5. The summed E-state index contributed by atoms with van der Waals surface area (Å²) in [5.41, 5.74) is 0.669. The first-order chi connectivity index (χ1) is 6.68. The molecule has 14 heavy (non-hydrogen) atoms. The first-order valence-electron chi connectivity index (χ1n) is 3.83. The Labute approximate surface area is 95.8 Å². The molecule has 0 spiro atoms.